The number of hydrogen-bond donors (Lipinski definition) is 2. The summed E-state index contributed by atoms with van der Waals surface area (Å²) >= 11 is 0. The number of nitrogens with zero attached hydrogens (tertiary/aromatic N) is 1. The summed E-state index contributed by atoms with van der Waals surface area (Å²) in [6.07, 6.45) is 6.16. The SMILES string of the molecule is CCC[C@]1(C(=O)O)CCN(Cc2ccc(OC3CCCC3)cc2)C[C@@H]1O. The van der Waals surface area contributed by atoms with Gasteiger partial charge in [0.2, 0.25) is 0 Å². The molecule has 2 N–H and O–H groups in total. The number of carboxylic acid groups (broad SMARTS) is 1. The second-order valence-electron chi connectivity index (χ2n) is 7.88. The molecule has 2 atom stereocenters. The Balaban J connectivity index is 1.55. The van der Waals surface area contributed by atoms with E-state index in [0.717, 1.165) is 37.1 Å². The summed E-state index contributed by atoms with van der Waals surface area (Å²) in [6, 6.07) is 8.18. The van der Waals surface area contributed by atoms with Gasteiger partial charge in [0.1, 0.15) is 5.75 Å². The summed E-state index contributed by atoms with van der Waals surface area (Å²) in [5.41, 5.74) is 0.179. The first-order chi connectivity index (χ1) is 12.5. The Bertz CT molecular complexity index is 597. The van der Waals surface area contributed by atoms with E-state index in [-0.39, 0.29) is 0 Å². The average Bonchev–Trinajstić information content (AvgIpc) is 3.12. The van der Waals surface area contributed by atoms with Crippen molar-refractivity contribution in [3.05, 3.63) is 29.8 Å². The Morgan fingerprint density at radius 2 is 1.96 bits per heavy atom. The van der Waals surface area contributed by atoms with Crippen LogP contribution in [0, 0.1) is 5.41 Å². The summed E-state index contributed by atoms with van der Waals surface area (Å²) in [7, 11) is 0. The lowest BCUT2D eigenvalue weighted by Crippen LogP contribution is -2.54. The minimum atomic E-state index is -0.982. The highest BCUT2D eigenvalue weighted by molar-refractivity contribution is 5.75. The molecule has 1 saturated heterocycles. The molecule has 3 rings (SSSR count). The van der Waals surface area contributed by atoms with Gasteiger partial charge >= 0.3 is 5.97 Å². The molecule has 2 aliphatic rings. The van der Waals surface area contributed by atoms with Crippen LogP contribution in [0.4, 0.5) is 0 Å². The van der Waals surface area contributed by atoms with E-state index >= 15 is 0 Å². The molecule has 1 aliphatic carbocycles. The smallest absolute Gasteiger partial charge is 0.312 e. The number of rotatable bonds is 7. The van der Waals surface area contributed by atoms with Crippen molar-refractivity contribution in [3.63, 3.8) is 0 Å². The first kappa shape index (κ1) is 19.2. The highest BCUT2D eigenvalue weighted by atomic mass is 16.5. The molecule has 26 heavy (non-hydrogen) atoms. The van der Waals surface area contributed by atoms with Gasteiger partial charge in [-0.3, -0.25) is 9.69 Å². The molecule has 1 aromatic rings. The molecule has 0 radical (unpaired) electrons. The van der Waals surface area contributed by atoms with E-state index < -0.39 is 17.5 Å². The van der Waals surface area contributed by atoms with Crippen LogP contribution in [0.15, 0.2) is 24.3 Å². The van der Waals surface area contributed by atoms with E-state index in [9.17, 15) is 15.0 Å². The molecule has 5 heteroatoms. The third kappa shape index (κ3) is 4.21. The molecule has 2 fully saturated rings. The van der Waals surface area contributed by atoms with Crippen molar-refractivity contribution in [1.29, 1.82) is 0 Å². The van der Waals surface area contributed by atoms with Crippen LogP contribution in [0.25, 0.3) is 0 Å². The van der Waals surface area contributed by atoms with Gasteiger partial charge in [0.25, 0.3) is 0 Å². The van der Waals surface area contributed by atoms with E-state index in [1.165, 1.54) is 12.8 Å². The summed E-state index contributed by atoms with van der Waals surface area (Å²) < 4.78 is 6.00. The maximum Gasteiger partial charge on any atom is 0.312 e. The Hall–Kier alpha value is -1.59. The fourth-order valence-corrected chi connectivity index (χ4v) is 4.40. The number of aliphatic hydroxyl groups is 1. The van der Waals surface area contributed by atoms with Crippen molar-refractivity contribution in [3.8, 4) is 5.75 Å². The highest BCUT2D eigenvalue weighted by Gasteiger charge is 2.47. The summed E-state index contributed by atoms with van der Waals surface area (Å²) in [6.45, 7) is 3.80. The summed E-state index contributed by atoms with van der Waals surface area (Å²) in [4.78, 5) is 13.9. The maximum absolute atomic E-state index is 11.7. The van der Waals surface area contributed by atoms with Crippen LogP contribution in [-0.4, -0.2) is 46.4 Å². The molecule has 1 saturated carbocycles. The molecule has 144 valence electrons. The van der Waals surface area contributed by atoms with Crippen molar-refractivity contribution < 1.29 is 19.7 Å². The molecular formula is C21H31NO4. The summed E-state index contributed by atoms with van der Waals surface area (Å²) in [5.74, 6) is 0.0621. The number of benzene rings is 1. The molecule has 0 amide bonds. The van der Waals surface area contributed by atoms with Crippen LogP contribution in [0.5, 0.6) is 5.75 Å². The Labute approximate surface area is 156 Å². The predicted molar refractivity (Wildman–Crippen MR) is 100 cm³/mol. The van der Waals surface area contributed by atoms with Crippen molar-refractivity contribution in [1.82, 2.24) is 4.90 Å². The highest BCUT2D eigenvalue weighted by Crippen LogP contribution is 2.37. The largest absolute Gasteiger partial charge is 0.490 e. The van der Waals surface area contributed by atoms with Crippen molar-refractivity contribution in [2.24, 2.45) is 5.41 Å². The van der Waals surface area contributed by atoms with Gasteiger partial charge in [0.15, 0.2) is 0 Å². The van der Waals surface area contributed by atoms with Crippen molar-refractivity contribution >= 4 is 5.97 Å². The number of aliphatic hydroxyl groups excluding tert-OH is 1. The van der Waals surface area contributed by atoms with Crippen LogP contribution < -0.4 is 4.74 Å². The molecular weight excluding hydrogens is 330 g/mol. The number of β-amino-alcohol motifs (C(OH)–C–C–N with tert-alkyl or cyclic N) is 1. The molecule has 0 spiro atoms. The normalized spacial score (nSPS) is 27.5. The first-order valence-electron chi connectivity index (χ1n) is 9.93. The quantitative estimate of drug-likeness (QED) is 0.778. The van der Waals surface area contributed by atoms with Gasteiger partial charge in [-0.2, -0.15) is 0 Å². The Kier molecular flexibility index (Phi) is 6.20. The number of likely N-dealkylation sites (tertiary alicyclic amines) is 1. The lowest BCUT2D eigenvalue weighted by Gasteiger charge is -2.42. The standard InChI is InChI=1S/C21H31NO4/c1-2-11-21(20(24)25)12-13-22(15-19(21)23)14-16-7-9-18(10-8-16)26-17-5-3-4-6-17/h7-10,17,19,23H,2-6,11-15H2,1H3,(H,24,25)/t19-,21-/m0/s1. The van der Waals surface area contributed by atoms with E-state index in [1.54, 1.807) is 0 Å². The number of aliphatic carboxylic acids is 1. The van der Waals surface area contributed by atoms with Gasteiger partial charge < -0.3 is 14.9 Å². The molecule has 0 aromatic heterocycles. The molecule has 0 bridgehead atoms. The summed E-state index contributed by atoms with van der Waals surface area (Å²) in [5, 5.41) is 20.2. The van der Waals surface area contributed by atoms with Crippen LogP contribution in [0.3, 0.4) is 0 Å². The molecule has 0 unspecified atom stereocenters. The fraction of sp³-hybridized carbons (Fsp3) is 0.667. The van der Waals surface area contributed by atoms with E-state index in [4.69, 9.17) is 4.74 Å². The number of hydrogen-bond acceptors (Lipinski definition) is 4. The van der Waals surface area contributed by atoms with Crippen LogP contribution in [0.2, 0.25) is 0 Å². The molecule has 1 heterocycles. The van der Waals surface area contributed by atoms with Gasteiger partial charge in [-0.05, 0) is 62.8 Å². The van der Waals surface area contributed by atoms with Gasteiger partial charge in [-0.1, -0.05) is 25.5 Å². The van der Waals surface area contributed by atoms with E-state index in [0.29, 0.717) is 32.0 Å². The minimum Gasteiger partial charge on any atom is -0.490 e. The van der Waals surface area contributed by atoms with Crippen molar-refractivity contribution in [2.75, 3.05) is 13.1 Å². The molecule has 1 aromatic carbocycles. The first-order valence-corrected chi connectivity index (χ1v) is 9.93. The minimum absolute atomic E-state index is 0.362. The lowest BCUT2D eigenvalue weighted by molar-refractivity contribution is -0.164. The zero-order valence-electron chi connectivity index (χ0n) is 15.7. The second-order valence-corrected chi connectivity index (χ2v) is 7.88. The van der Waals surface area contributed by atoms with Crippen LogP contribution in [-0.2, 0) is 11.3 Å². The number of carbonyl (C=O) groups is 1. The van der Waals surface area contributed by atoms with Gasteiger partial charge in [-0.15, -0.1) is 0 Å². The number of piperidine rings is 1. The zero-order chi connectivity index (χ0) is 18.6. The monoisotopic (exact) mass is 361 g/mol. The Morgan fingerprint density at radius 1 is 1.27 bits per heavy atom. The third-order valence-corrected chi connectivity index (χ3v) is 6.00. The fourth-order valence-electron chi connectivity index (χ4n) is 4.40. The van der Waals surface area contributed by atoms with Crippen LogP contribution in [0.1, 0.15) is 57.4 Å². The topological polar surface area (TPSA) is 70.0 Å². The number of ether oxygens (including phenoxy) is 1. The molecule has 5 nitrogen and oxygen atoms in total. The van der Waals surface area contributed by atoms with Gasteiger partial charge in [0.05, 0.1) is 17.6 Å². The number of carboxylic acids is 1. The third-order valence-electron chi connectivity index (χ3n) is 6.00. The Morgan fingerprint density at radius 3 is 2.54 bits per heavy atom. The lowest BCUT2D eigenvalue weighted by atomic mass is 9.73. The maximum atomic E-state index is 11.7. The van der Waals surface area contributed by atoms with Gasteiger partial charge in [-0.25, -0.2) is 0 Å². The second kappa shape index (κ2) is 8.40. The van der Waals surface area contributed by atoms with E-state index in [2.05, 4.69) is 17.0 Å². The average molecular weight is 361 g/mol. The van der Waals surface area contributed by atoms with Crippen molar-refractivity contribution in [2.45, 2.75) is 70.6 Å². The molecule has 1 aliphatic heterocycles. The zero-order valence-corrected chi connectivity index (χ0v) is 15.7. The predicted octanol–water partition coefficient (Wildman–Crippen LogP) is 3.45. The van der Waals surface area contributed by atoms with E-state index in [1.807, 2.05) is 19.1 Å². The van der Waals surface area contributed by atoms with Crippen LogP contribution >= 0.6 is 0 Å². The van der Waals surface area contributed by atoms with Gasteiger partial charge in [0, 0.05) is 13.1 Å².